The van der Waals surface area contributed by atoms with Crippen molar-refractivity contribution in [2.45, 2.75) is 26.9 Å². The number of rotatable bonds is 5. The standard InChI is InChI=1S/C19H24N6S/c1-14-18(15(2)25(21-14)12-16-8-6-5-7-9-16)20-19(26)23(3)13-17-10-11-24(4)22-17/h5-11H,12-13H2,1-4H3,(H,20,26). The van der Waals surface area contributed by atoms with Crippen LogP contribution in [0.15, 0.2) is 42.6 Å². The van der Waals surface area contributed by atoms with Crippen molar-refractivity contribution in [2.24, 2.45) is 7.05 Å². The van der Waals surface area contributed by atoms with E-state index in [1.165, 1.54) is 5.56 Å². The molecular formula is C19H24N6S. The van der Waals surface area contributed by atoms with Gasteiger partial charge in [0, 0.05) is 20.3 Å². The van der Waals surface area contributed by atoms with Crippen LogP contribution in [-0.4, -0.2) is 36.6 Å². The lowest BCUT2D eigenvalue weighted by molar-refractivity contribution is 0.495. The molecule has 0 fully saturated rings. The molecule has 0 spiro atoms. The smallest absolute Gasteiger partial charge is 0.173 e. The van der Waals surface area contributed by atoms with Gasteiger partial charge in [-0.2, -0.15) is 10.2 Å². The van der Waals surface area contributed by atoms with Crippen LogP contribution < -0.4 is 5.32 Å². The van der Waals surface area contributed by atoms with E-state index in [0.29, 0.717) is 11.7 Å². The molecule has 2 aromatic heterocycles. The largest absolute Gasteiger partial charge is 0.346 e. The monoisotopic (exact) mass is 368 g/mol. The van der Waals surface area contributed by atoms with Gasteiger partial charge in [-0.05, 0) is 37.7 Å². The van der Waals surface area contributed by atoms with Gasteiger partial charge in [-0.15, -0.1) is 0 Å². The zero-order valence-electron chi connectivity index (χ0n) is 15.6. The molecule has 0 bridgehead atoms. The Labute approximate surface area is 159 Å². The Kier molecular flexibility index (Phi) is 5.37. The summed E-state index contributed by atoms with van der Waals surface area (Å²) in [5.74, 6) is 0. The molecule has 0 aliphatic rings. The van der Waals surface area contributed by atoms with Crippen molar-refractivity contribution >= 4 is 23.0 Å². The van der Waals surface area contributed by atoms with Crippen LogP contribution in [0.1, 0.15) is 22.6 Å². The van der Waals surface area contributed by atoms with E-state index in [0.717, 1.165) is 29.3 Å². The molecule has 7 heteroatoms. The molecule has 3 rings (SSSR count). The maximum atomic E-state index is 5.57. The van der Waals surface area contributed by atoms with Crippen molar-refractivity contribution in [2.75, 3.05) is 12.4 Å². The van der Waals surface area contributed by atoms with E-state index < -0.39 is 0 Å². The number of nitrogens with zero attached hydrogens (tertiary/aromatic N) is 5. The molecule has 1 aromatic carbocycles. The van der Waals surface area contributed by atoms with Crippen molar-refractivity contribution < 1.29 is 0 Å². The first kappa shape index (κ1) is 18.1. The summed E-state index contributed by atoms with van der Waals surface area (Å²) in [7, 11) is 3.87. The fourth-order valence-electron chi connectivity index (χ4n) is 2.85. The molecule has 0 unspecified atom stereocenters. The van der Waals surface area contributed by atoms with Gasteiger partial charge in [0.2, 0.25) is 0 Å². The normalized spacial score (nSPS) is 10.8. The fraction of sp³-hybridized carbons (Fsp3) is 0.316. The van der Waals surface area contributed by atoms with Crippen molar-refractivity contribution in [3.05, 3.63) is 65.2 Å². The number of aryl methyl sites for hydroxylation is 2. The Morgan fingerprint density at radius 2 is 1.88 bits per heavy atom. The average Bonchev–Trinajstić information content (AvgIpc) is 3.13. The predicted octanol–water partition coefficient (Wildman–Crippen LogP) is 3.11. The molecule has 136 valence electrons. The first-order chi connectivity index (χ1) is 12.4. The SMILES string of the molecule is Cc1nn(Cc2ccccc2)c(C)c1NC(=S)N(C)Cc1ccn(C)n1. The third-order valence-electron chi connectivity index (χ3n) is 4.30. The van der Waals surface area contributed by atoms with Gasteiger partial charge < -0.3 is 10.2 Å². The van der Waals surface area contributed by atoms with Gasteiger partial charge in [0.15, 0.2) is 5.11 Å². The topological polar surface area (TPSA) is 50.9 Å². The number of aromatic nitrogens is 4. The van der Waals surface area contributed by atoms with Crippen molar-refractivity contribution in [3.8, 4) is 0 Å². The maximum Gasteiger partial charge on any atom is 0.173 e. The molecule has 6 nitrogen and oxygen atoms in total. The Bertz CT molecular complexity index is 896. The summed E-state index contributed by atoms with van der Waals surface area (Å²) in [6.45, 7) is 5.46. The highest BCUT2D eigenvalue weighted by Gasteiger charge is 2.15. The summed E-state index contributed by atoms with van der Waals surface area (Å²) in [4.78, 5) is 1.98. The minimum atomic E-state index is 0.654. The molecule has 0 aliphatic heterocycles. The molecule has 0 saturated heterocycles. The number of nitrogens with one attached hydrogen (secondary N) is 1. The van der Waals surface area contributed by atoms with Gasteiger partial charge in [-0.3, -0.25) is 9.36 Å². The third kappa shape index (κ3) is 4.11. The van der Waals surface area contributed by atoms with Crippen LogP contribution >= 0.6 is 12.2 Å². The second-order valence-corrected chi connectivity index (χ2v) is 6.84. The highest BCUT2D eigenvalue weighted by molar-refractivity contribution is 7.80. The van der Waals surface area contributed by atoms with Crippen LogP contribution in [0.5, 0.6) is 0 Å². The summed E-state index contributed by atoms with van der Waals surface area (Å²) >= 11 is 5.57. The lowest BCUT2D eigenvalue weighted by Gasteiger charge is -2.20. The number of benzene rings is 1. The second-order valence-electron chi connectivity index (χ2n) is 6.46. The fourth-order valence-corrected chi connectivity index (χ4v) is 3.02. The van der Waals surface area contributed by atoms with Gasteiger partial charge in [0.25, 0.3) is 0 Å². The number of thiocarbonyl (C=S) groups is 1. The third-order valence-corrected chi connectivity index (χ3v) is 4.72. The van der Waals surface area contributed by atoms with E-state index >= 15 is 0 Å². The minimum absolute atomic E-state index is 0.654. The van der Waals surface area contributed by atoms with E-state index in [4.69, 9.17) is 12.2 Å². The minimum Gasteiger partial charge on any atom is -0.346 e. The molecule has 0 amide bonds. The molecule has 2 heterocycles. The van der Waals surface area contributed by atoms with Crippen LogP contribution in [0, 0.1) is 13.8 Å². The zero-order chi connectivity index (χ0) is 18.7. The number of hydrogen-bond donors (Lipinski definition) is 1. The summed E-state index contributed by atoms with van der Waals surface area (Å²) in [5.41, 5.74) is 5.18. The van der Waals surface area contributed by atoms with Crippen molar-refractivity contribution in [1.29, 1.82) is 0 Å². The Morgan fingerprint density at radius 3 is 2.54 bits per heavy atom. The molecule has 3 aromatic rings. The molecule has 1 N–H and O–H groups in total. The first-order valence-corrected chi connectivity index (χ1v) is 8.93. The van der Waals surface area contributed by atoms with Crippen molar-refractivity contribution in [1.82, 2.24) is 24.5 Å². The summed E-state index contributed by atoms with van der Waals surface area (Å²) in [5, 5.41) is 13.1. The van der Waals surface area contributed by atoms with E-state index in [2.05, 4.69) is 34.6 Å². The molecule has 26 heavy (non-hydrogen) atoms. The maximum absolute atomic E-state index is 5.57. The first-order valence-electron chi connectivity index (χ1n) is 8.52. The van der Waals surface area contributed by atoms with Crippen LogP contribution in [-0.2, 0) is 20.1 Å². The highest BCUT2D eigenvalue weighted by Crippen LogP contribution is 2.21. The van der Waals surface area contributed by atoms with Crippen LogP contribution in [0.2, 0.25) is 0 Å². The van der Waals surface area contributed by atoms with Gasteiger partial charge in [0.1, 0.15) is 0 Å². The molecular weight excluding hydrogens is 344 g/mol. The Morgan fingerprint density at radius 1 is 1.15 bits per heavy atom. The quantitative estimate of drug-likeness (QED) is 0.701. The van der Waals surface area contributed by atoms with Gasteiger partial charge in [-0.1, -0.05) is 30.3 Å². The van der Waals surface area contributed by atoms with E-state index in [1.807, 2.05) is 61.1 Å². The predicted molar refractivity (Wildman–Crippen MR) is 108 cm³/mol. The number of anilines is 1. The van der Waals surface area contributed by atoms with E-state index in [-0.39, 0.29) is 0 Å². The van der Waals surface area contributed by atoms with Crippen LogP contribution in [0.3, 0.4) is 0 Å². The lowest BCUT2D eigenvalue weighted by Crippen LogP contribution is -2.31. The van der Waals surface area contributed by atoms with Crippen molar-refractivity contribution in [3.63, 3.8) is 0 Å². The summed E-state index contributed by atoms with van der Waals surface area (Å²) < 4.78 is 3.80. The van der Waals surface area contributed by atoms with Gasteiger partial charge in [-0.25, -0.2) is 0 Å². The second kappa shape index (κ2) is 7.70. The number of hydrogen-bond acceptors (Lipinski definition) is 3. The Balaban J connectivity index is 1.70. The van der Waals surface area contributed by atoms with Crippen LogP contribution in [0.4, 0.5) is 5.69 Å². The summed E-state index contributed by atoms with van der Waals surface area (Å²) in [6, 6.07) is 12.3. The zero-order valence-corrected chi connectivity index (χ0v) is 16.4. The van der Waals surface area contributed by atoms with Crippen LogP contribution in [0.25, 0.3) is 0 Å². The lowest BCUT2D eigenvalue weighted by atomic mass is 10.2. The van der Waals surface area contributed by atoms with E-state index in [1.54, 1.807) is 4.68 Å². The molecule has 0 radical (unpaired) electrons. The average molecular weight is 369 g/mol. The molecule has 0 aliphatic carbocycles. The molecule has 0 atom stereocenters. The Hall–Kier alpha value is -2.67. The van der Waals surface area contributed by atoms with Gasteiger partial charge in [0.05, 0.1) is 35.9 Å². The highest BCUT2D eigenvalue weighted by atomic mass is 32.1. The summed E-state index contributed by atoms with van der Waals surface area (Å²) in [6.07, 6.45) is 1.93. The van der Waals surface area contributed by atoms with Gasteiger partial charge >= 0.3 is 0 Å². The molecule has 0 saturated carbocycles. The van der Waals surface area contributed by atoms with E-state index in [9.17, 15) is 0 Å².